The van der Waals surface area contributed by atoms with Crippen LogP contribution in [-0.2, 0) is 6.54 Å². The van der Waals surface area contributed by atoms with Crippen molar-refractivity contribution in [2.24, 2.45) is 0 Å². The zero-order valence-electron chi connectivity index (χ0n) is 8.96. The number of aromatic hydroxyl groups is 1. The predicted molar refractivity (Wildman–Crippen MR) is 56.3 cm³/mol. The Morgan fingerprint density at radius 2 is 2.00 bits per heavy atom. The van der Waals surface area contributed by atoms with Crippen LogP contribution in [0.1, 0.15) is 5.56 Å². The summed E-state index contributed by atoms with van der Waals surface area (Å²) in [7, 11) is 4.29. The molecule has 3 heteroatoms. The largest absolute Gasteiger partial charge is 0.507 e. The van der Waals surface area contributed by atoms with Crippen molar-refractivity contribution in [3.63, 3.8) is 0 Å². The Kier molecular flexibility index (Phi) is 4.43. The molecule has 0 heterocycles. The highest BCUT2D eigenvalue weighted by molar-refractivity contribution is 5.30. The van der Waals surface area contributed by atoms with Crippen LogP contribution >= 0.6 is 0 Å². The van der Waals surface area contributed by atoms with Crippen molar-refractivity contribution in [1.82, 2.24) is 0 Å². The van der Waals surface area contributed by atoms with Gasteiger partial charge in [-0.2, -0.15) is 0 Å². The monoisotopic (exact) mass is 196 g/mol. The molecule has 1 rings (SSSR count). The topological polar surface area (TPSA) is 41.3 Å². The summed E-state index contributed by atoms with van der Waals surface area (Å²) >= 11 is 0. The van der Waals surface area contributed by atoms with Crippen LogP contribution in [-0.4, -0.2) is 32.3 Å². The standard InChI is InChI=1S/C11H18N2O/c1-13(2)8-7-12-9-10-5-3-4-6-11(10)14/h3-6,12,14H,7-9H2,1-2H3/p+2. The Morgan fingerprint density at radius 1 is 1.29 bits per heavy atom. The van der Waals surface area contributed by atoms with Gasteiger partial charge in [0.05, 0.1) is 14.1 Å². The normalized spacial score (nSPS) is 10.8. The Labute approximate surface area is 85.4 Å². The second kappa shape index (κ2) is 5.62. The third kappa shape index (κ3) is 3.77. The number of para-hydroxylation sites is 1. The van der Waals surface area contributed by atoms with E-state index in [1.807, 2.05) is 18.2 Å². The van der Waals surface area contributed by atoms with Crippen molar-refractivity contribution >= 4 is 0 Å². The van der Waals surface area contributed by atoms with Crippen molar-refractivity contribution in [1.29, 1.82) is 0 Å². The van der Waals surface area contributed by atoms with Crippen LogP contribution in [0.2, 0.25) is 0 Å². The Morgan fingerprint density at radius 3 is 2.64 bits per heavy atom. The fourth-order valence-corrected chi connectivity index (χ4v) is 1.33. The second-order valence-electron chi connectivity index (χ2n) is 3.87. The molecule has 0 aromatic heterocycles. The highest BCUT2D eigenvalue weighted by Crippen LogP contribution is 2.13. The van der Waals surface area contributed by atoms with Gasteiger partial charge in [-0.05, 0) is 12.1 Å². The average molecular weight is 196 g/mol. The number of phenols is 1. The summed E-state index contributed by atoms with van der Waals surface area (Å²) < 4.78 is 0. The molecule has 0 radical (unpaired) electrons. The van der Waals surface area contributed by atoms with Crippen LogP contribution in [0.15, 0.2) is 24.3 Å². The molecular weight excluding hydrogens is 176 g/mol. The van der Waals surface area contributed by atoms with Gasteiger partial charge in [0, 0.05) is 5.56 Å². The summed E-state index contributed by atoms with van der Waals surface area (Å²) in [6, 6.07) is 7.51. The molecule has 0 aliphatic heterocycles. The third-order valence-corrected chi connectivity index (χ3v) is 2.20. The smallest absolute Gasteiger partial charge is 0.126 e. The van der Waals surface area contributed by atoms with E-state index >= 15 is 0 Å². The van der Waals surface area contributed by atoms with E-state index in [9.17, 15) is 5.11 Å². The molecule has 0 saturated carbocycles. The highest BCUT2D eigenvalue weighted by Gasteiger charge is 2.01. The molecule has 0 bridgehead atoms. The molecule has 1 aromatic carbocycles. The summed E-state index contributed by atoms with van der Waals surface area (Å²) in [6.07, 6.45) is 0. The van der Waals surface area contributed by atoms with Gasteiger partial charge >= 0.3 is 0 Å². The number of phenolic OH excluding ortho intramolecular Hbond substituents is 1. The molecule has 0 amide bonds. The summed E-state index contributed by atoms with van der Waals surface area (Å²) in [5, 5.41) is 11.7. The third-order valence-electron chi connectivity index (χ3n) is 2.20. The van der Waals surface area contributed by atoms with Crippen molar-refractivity contribution < 1.29 is 15.3 Å². The fraction of sp³-hybridized carbons (Fsp3) is 0.455. The fourth-order valence-electron chi connectivity index (χ4n) is 1.33. The summed E-state index contributed by atoms with van der Waals surface area (Å²) in [5.41, 5.74) is 1.02. The number of likely N-dealkylation sites (N-methyl/N-ethyl adjacent to an activating group) is 1. The van der Waals surface area contributed by atoms with Gasteiger partial charge in [-0.3, -0.25) is 0 Å². The van der Waals surface area contributed by atoms with E-state index < -0.39 is 0 Å². The first kappa shape index (κ1) is 11.0. The van der Waals surface area contributed by atoms with Crippen molar-refractivity contribution in [2.75, 3.05) is 27.2 Å². The van der Waals surface area contributed by atoms with Gasteiger partial charge < -0.3 is 15.3 Å². The minimum absolute atomic E-state index is 0.404. The van der Waals surface area contributed by atoms with Crippen molar-refractivity contribution in [3.8, 4) is 5.75 Å². The molecule has 0 aliphatic carbocycles. The SMILES string of the molecule is C[NH+](C)CC[NH2+]Cc1ccccc1O. The minimum Gasteiger partial charge on any atom is -0.507 e. The molecular formula is C11H20N2O+2. The van der Waals surface area contributed by atoms with Gasteiger partial charge in [0.25, 0.3) is 0 Å². The Bertz CT molecular complexity index is 274. The minimum atomic E-state index is 0.404. The quantitative estimate of drug-likeness (QED) is 0.498. The average Bonchev–Trinajstić information content (AvgIpc) is 2.15. The molecule has 1 aromatic rings. The number of rotatable bonds is 5. The molecule has 78 valence electrons. The van der Waals surface area contributed by atoms with Crippen LogP contribution in [0.25, 0.3) is 0 Å². The number of hydrogen-bond acceptors (Lipinski definition) is 1. The van der Waals surface area contributed by atoms with Gasteiger partial charge in [0.1, 0.15) is 25.4 Å². The number of benzene rings is 1. The lowest BCUT2D eigenvalue weighted by Gasteiger charge is -2.06. The van der Waals surface area contributed by atoms with Crippen molar-refractivity contribution in [2.45, 2.75) is 6.54 Å². The van der Waals surface area contributed by atoms with Crippen LogP contribution in [0.4, 0.5) is 0 Å². The summed E-state index contributed by atoms with van der Waals surface area (Å²) in [5.74, 6) is 0.404. The number of quaternary nitrogens is 2. The van der Waals surface area contributed by atoms with E-state index in [1.54, 1.807) is 6.07 Å². The van der Waals surface area contributed by atoms with E-state index in [0.29, 0.717) is 5.75 Å². The molecule has 4 N–H and O–H groups in total. The Balaban J connectivity index is 2.28. The predicted octanol–water partition coefficient (Wildman–Crippen LogP) is -1.40. The summed E-state index contributed by atoms with van der Waals surface area (Å²) in [4.78, 5) is 1.46. The van der Waals surface area contributed by atoms with Gasteiger partial charge in [-0.1, -0.05) is 12.1 Å². The van der Waals surface area contributed by atoms with Crippen LogP contribution in [0.3, 0.4) is 0 Å². The molecule has 0 atom stereocenters. The lowest BCUT2D eigenvalue weighted by Crippen LogP contribution is -3.09. The van der Waals surface area contributed by atoms with Gasteiger partial charge in [-0.15, -0.1) is 0 Å². The molecule has 0 fully saturated rings. The second-order valence-corrected chi connectivity index (χ2v) is 3.87. The maximum Gasteiger partial charge on any atom is 0.126 e. The number of nitrogens with two attached hydrogens (primary N) is 1. The lowest BCUT2D eigenvalue weighted by atomic mass is 10.2. The van der Waals surface area contributed by atoms with E-state index in [4.69, 9.17) is 0 Å². The van der Waals surface area contributed by atoms with Gasteiger partial charge in [0.15, 0.2) is 0 Å². The summed E-state index contributed by atoms with van der Waals surface area (Å²) in [6.45, 7) is 3.10. The first-order valence-electron chi connectivity index (χ1n) is 5.07. The maximum absolute atomic E-state index is 9.49. The van der Waals surface area contributed by atoms with Gasteiger partial charge in [0.2, 0.25) is 0 Å². The van der Waals surface area contributed by atoms with Crippen LogP contribution in [0, 0.1) is 0 Å². The van der Waals surface area contributed by atoms with E-state index in [-0.39, 0.29) is 0 Å². The Hall–Kier alpha value is -1.06. The number of hydrogen-bond donors (Lipinski definition) is 3. The zero-order valence-corrected chi connectivity index (χ0v) is 8.96. The van der Waals surface area contributed by atoms with Crippen LogP contribution in [0.5, 0.6) is 5.75 Å². The zero-order chi connectivity index (χ0) is 10.4. The van der Waals surface area contributed by atoms with E-state index in [2.05, 4.69) is 19.4 Å². The van der Waals surface area contributed by atoms with E-state index in [1.165, 1.54) is 4.90 Å². The molecule has 0 unspecified atom stereocenters. The molecule has 0 spiro atoms. The maximum atomic E-state index is 9.49. The first-order valence-corrected chi connectivity index (χ1v) is 5.07. The van der Waals surface area contributed by atoms with Crippen molar-refractivity contribution in [3.05, 3.63) is 29.8 Å². The van der Waals surface area contributed by atoms with Gasteiger partial charge in [-0.25, -0.2) is 0 Å². The van der Waals surface area contributed by atoms with E-state index in [0.717, 1.165) is 25.2 Å². The van der Waals surface area contributed by atoms with Crippen LogP contribution < -0.4 is 10.2 Å². The number of nitrogens with one attached hydrogen (secondary N) is 1. The highest BCUT2D eigenvalue weighted by atomic mass is 16.3. The molecule has 3 nitrogen and oxygen atoms in total. The lowest BCUT2D eigenvalue weighted by molar-refractivity contribution is -0.875. The molecule has 0 saturated heterocycles. The molecule has 0 aliphatic rings. The first-order chi connectivity index (χ1) is 6.70. The molecule has 14 heavy (non-hydrogen) atoms.